The second-order valence-electron chi connectivity index (χ2n) is 3.22. The molecule has 0 aliphatic carbocycles. The van der Waals surface area contributed by atoms with Gasteiger partial charge in [0, 0.05) is 19.8 Å². The van der Waals surface area contributed by atoms with Crippen LogP contribution in [0.5, 0.6) is 0 Å². The topological polar surface area (TPSA) is 53.6 Å². The Labute approximate surface area is 94.8 Å². The molecule has 0 bridgehead atoms. The summed E-state index contributed by atoms with van der Waals surface area (Å²) in [6.07, 6.45) is 1.67. The molecule has 0 fully saturated rings. The van der Waals surface area contributed by atoms with Crippen molar-refractivity contribution in [1.29, 1.82) is 0 Å². The molecule has 1 aromatic carbocycles. The van der Waals surface area contributed by atoms with Crippen LogP contribution >= 0.6 is 12.2 Å². The SMILES string of the molecule is CN(C)c1ccc(C=NNC(N)=S)cc1. The number of nitrogens with two attached hydrogens (primary N) is 1. The van der Waals surface area contributed by atoms with Crippen molar-refractivity contribution in [1.82, 2.24) is 5.43 Å². The van der Waals surface area contributed by atoms with E-state index in [9.17, 15) is 0 Å². The average molecular weight is 222 g/mol. The van der Waals surface area contributed by atoms with Gasteiger partial charge in [-0.1, -0.05) is 12.1 Å². The lowest BCUT2D eigenvalue weighted by Gasteiger charge is -2.11. The molecule has 0 spiro atoms. The van der Waals surface area contributed by atoms with Gasteiger partial charge in [0.2, 0.25) is 0 Å². The van der Waals surface area contributed by atoms with Crippen LogP contribution in [-0.4, -0.2) is 25.4 Å². The van der Waals surface area contributed by atoms with Crippen molar-refractivity contribution in [2.75, 3.05) is 19.0 Å². The van der Waals surface area contributed by atoms with Gasteiger partial charge in [0.25, 0.3) is 0 Å². The Bertz CT molecular complexity index is 356. The van der Waals surface area contributed by atoms with Gasteiger partial charge in [-0.3, -0.25) is 5.43 Å². The standard InChI is InChI=1S/C10H14N4S/c1-14(2)9-5-3-8(4-6-9)7-12-13-10(11)15/h3-7H,1-2H3,(H3,11,13,15). The first-order chi connectivity index (χ1) is 7.09. The van der Waals surface area contributed by atoms with Crippen molar-refractivity contribution in [3.05, 3.63) is 29.8 Å². The first kappa shape index (κ1) is 11.5. The number of nitrogens with zero attached hydrogens (tertiary/aromatic N) is 2. The normalized spacial score (nSPS) is 10.3. The largest absolute Gasteiger partial charge is 0.378 e. The molecule has 0 amide bonds. The summed E-state index contributed by atoms with van der Waals surface area (Å²) in [7, 11) is 4.00. The van der Waals surface area contributed by atoms with Crippen molar-refractivity contribution in [2.24, 2.45) is 10.8 Å². The van der Waals surface area contributed by atoms with E-state index < -0.39 is 0 Å². The Morgan fingerprint density at radius 2 is 2.00 bits per heavy atom. The fraction of sp³-hybridized carbons (Fsp3) is 0.200. The fourth-order valence-corrected chi connectivity index (χ4v) is 1.08. The number of hydrogen-bond donors (Lipinski definition) is 2. The van der Waals surface area contributed by atoms with Crippen LogP contribution in [0, 0.1) is 0 Å². The Kier molecular flexibility index (Phi) is 4.05. The van der Waals surface area contributed by atoms with Crippen LogP contribution in [-0.2, 0) is 0 Å². The minimum atomic E-state index is 0.163. The predicted molar refractivity (Wildman–Crippen MR) is 68.3 cm³/mol. The third-order valence-corrected chi connectivity index (χ3v) is 1.89. The van der Waals surface area contributed by atoms with Gasteiger partial charge in [0.1, 0.15) is 0 Å². The first-order valence-corrected chi connectivity index (χ1v) is 4.86. The molecule has 80 valence electrons. The minimum absolute atomic E-state index is 0.163. The lowest BCUT2D eigenvalue weighted by molar-refractivity contribution is 1.04. The van der Waals surface area contributed by atoms with E-state index in [0.717, 1.165) is 11.3 Å². The van der Waals surface area contributed by atoms with Gasteiger partial charge in [0.15, 0.2) is 5.11 Å². The molecule has 0 saturated carbocycles. The predicted octanol–water partition coefficient (Wildman–Crippen LogP) is 0.920. The van der Waals surface area contributed by atoms with Crippen molar-refractivity contribution in [3.63, 3.8) is 0 Å². The van der Waals surface area contributed by atoms with Gasteiger partial charge in [-0.15, -0.1) is 0 Å². The van der Waals surface area contributed by atoms with Gasteiger partial charge >= 0.3 is 0 Å². The lowest BCUT2D eigenvalue weighted by Crippen LogP contribution is -2.23. The van der Waals surface area contributed by atoms with E-state index in [1.165, 1.54) is 0 Å². The lowest BCUT2D eigenvalue weighted by atomic mass is 10.2. The van der Waals surface area contributed by atoms with E-state index >= 15 is 0 Å². The highest BCUT2D eigenvalue weighted by Crippen LogP contribution is 2.10. The molecule has 1 aromatic rings. The summed E-state index contributed by atoms with van der Waals surface area (Å²) in [5.41, 5.74) is 9.86. The monoisotopic (exact) mass is 222 g/mol. The van der Waals surface area contributed by atoms with Crippen molar-refractivity contribution in [2.45, 2.75) is 0 Å². The van der Waals surface area contributed by atoms with E-state index in [0.29, 0.717) is 0 Å². The van der Waals surface area contributed by atoms with Crippen LogP contribution in [0.25, 0.3) is 0 Å². The van der Waals surface area contributed by atoms with Crippen LogP contribution < -0.4 is 16.1 Å². The molecule has 0 aromatic heterocycles. The molecule has 0 aliphatic rings. The molecule has 5 heteroatoms. The third kappa shape index (κ3) is 3.95. The summed E-state index contributed by atoms with van der Waals surface area (Å²) in [6.45, 7) is 0. The van der Waals surface area contributed by atoms with Gasteiger partial charge in [-0.2, -0.15) is 5.10 Å². The molecule has 0 unspecified atom stereocenters. The van der Waals surface area contributed by atoms with Crippen LogP contribution in [0.1, 0.15) is 5.56 Å². The second kappa shape index (κ2) is 5.31. The molecule has 1 rings (SSSR count). The Morgan fingerprint density at radius 3 is 2.47 bits per heavy atom. The van der Waals surface area contributed by atoms with Gasteiger partial charge in [0.05, 0.1) is 6.21 Å². The summed E-state index contributed by atoms with van der Waals surface area (Å²) in [6, 6.07) is 7.98. The fourth-order valence-electron chi connectivity index (χ4n) is 1.03. The molecule has 0 heterocycles. The maximum absolute atomic E-state index is 5.22. The number of hydrazone groups is 1. The van der Waals surface area contributed by atoms with E-state index in [4.69, 9.17) is 5.73 Å². The molecule has 0 aliphatic heterocycles. The highest BCUT2D eigenvalue weighted by atomic mass is 32.1. The smallest absolute Gasteiger partial charge is 0.184 e. The Hall–Kier alpha value is -1.62. The zero-order valence-electron chi connectivity index (χ0n) is 8.77. The highest BCUT2D eigenvalue weighted by molar-refractivity contribution is 7.80. The van der Waals surface area contributed by atoms with Crippen LogP contribution in [0.4, 0.5) is 5.69 Å². The van der Waals surface area contributed by atoms with Crippen LogP contribution in [0.2, 0.25) is 0 Å². The summed E-state index contributed by atoms with van der Waals surface area (Å²) in [4.78, 5) is 2.04. The Morgan fingerprint density at radius 1 is 1.40 bits per heavy atom. The number of anilines is 1. The maximum atomic E-state index is 5.22. The highest BCUT2D eigenvalue weighted by Gasteiger charge is 1.93. The minimum Gasteiger partial charge on any atom is -0.378 e. The van der Waals surface area contributed by atoms with Crippen LogP contribution in [0.3, 0.4) is 0 Å². The summed E-state index contributed by atoms with van der Waals surface area (Å²) in [5.74, 6) is 0. The van der Waals surface area contributed by atoms with E-state index in [2.05, 4.69) is 22.7 Å². The molecule has 3 N–H and O–H groups in total. The number of hydrogen-bond acceptors (Lipinski definition) is 3. The summed E-state index contributed by atoms with van der Waals surface area (Å²) < 4.78 is 0. The van der Waals surface area contributed by atoms with E-state index in [1.54, 1.807) is 6.21 Å². The first-order valence-electron chi connectivity index (χ1n) is 4.45. The number of nitrogens with one attached hydrogen (secondary N) is 1. The summed E-state index contributed by atoms with van der Waals surface area (Å²) >= 11 is 4.61. The Balaban J connectivity index is 2.64. The summed E-state index contributed by atoms with van der Waals surface area (Å²) in [5, 5.41) is 4.02. The van der Waals surface area contributed by atoms with Gasteiger partial charge in [-0.05, 0) is 29.9 Å². The third-order valence-electron chi connectivity index (χ3n) is 1.80. The van der Waals surface area contributed by atoms with Crippen molar-refractivity contribution < 1.29 is 0 Å². The second-order valence-corrected chi connectivity index (χ2v) is 3.66. The molecule has 4 nitrogen and oxygen atoms in total. The van der Waals surface area contributed by atoms with Crippen molar-refractivity contribution >= 4 is 29.2 Å². The average Bonchev–Trinajstić information content (AvgIpc) is 2.18. The molecule has 0 saturated heterocycles. The van der Waals surface area contributed by atoms with E-state index in [-0.39, 0.29) is 5.11 Å². The van der Waals surface area contributed by atoms with Crippen LogP contribution in [0.15, 0.2) is 29.4 Å². The quantitative estimate of drug-likeness (QED) is 0.453. The molecule has 0 atom stereocenters. The van der Waals surface area contributed by atoms with Crippen molar-refractivity contribution in [3.8, 4) is 0 Å². The number of benzene rings is 1. The molecular weight excluding hydrogens is 208 g/mol. The number of thiocarbonyl (C=S) groups is 1. The maximum Gasteiger partial charge on any atom is 0.184 e. The van der Waals surface area contributed by atoms with Gasteiger partial charge < -0.3 is 10.6 Å². The molecular formula is C10H14N4S. The van der Waals surface area contributed by atoms with E-state index in [1.807, 2.05) is 43.3 Å². The zero-order chi connectivity index (χ0) is 11.3. The molecule has 0 radical (unpaired) electrons. The molecule has 15 heavy (non-hydrogen) atoms. The van der Waals surface area contributed by atoms with Gasteiger partial charge in [-0.25, -0.2) is 0 Å². The number of rotatable bonds is 3. The zero-order valence-corrected chi connectivity index (χ0v) is 9.58.